The van der Waals surface area contributed by atoms with Gasteiger partial charge in [-0.25, -0.2) is 0 Å². The molecule has 1 N–H and O–H groups in total. The van der Waals surface area contributed by atoms with E-state index in [4.69, 9.17) is 4.74 Å². The zero-order chi connectivity index (χ0) is 15.7. The molecule has 21 heavy (non-hydrogen) atoms. The van der Waals surface area contributed by atoms with Crippen LogP contribution in [-0.4, -0.2) is 44.0 Å². The van der Waals surface area contributed by atoms with Crippen molar-refractivity contribution in [3.05, 3.63) is 48.0 Å². The van der Waals surface area contributed by atoms with Crippen LogP contribution in [0.2, 0.25) is 0 Å². The molecule has 1 aromatic carbocycles. The second kappa shape index (κ2) is 8.92. The van der Waals surface area contributed by atoms with E-state index in [0.29, 0.717) is 18.7 Å². The molecule has 0 aliphatic carbocycles. The zero-order valence-corrected chi connectivity index (χ0v) is 12.6. The maximum Gasteiger partial charge on any atom is 0.251 e. The summed E-state index contributed by atoms with van der Waals surface area (Å²) in [5, 5.41) is 2.57. The van der Waals surface area contributed by atoms with Gasteiger partial charge in [0.2, 0.25) is 5.91 Å². The summed E-state index contributed by atoms with van der Waals surface area (Å²) in [5.41, 5.74) is 1.56. The van der Waals surface area contributed by atoms with Gasteiger partial charge < -0.3 is 15.0 Å². The molecule has 0 saturated carbocycles. The Morgan fingerprint density at radius 1 is 1.33 bits per heavy atom. The van der Waals surface area contributed by atoms with Crippen LogP contribution in [0.15, 0.2) is 36.9 Å². The van der Waals surface area contributed by atoms with Crippen LogP contribution in [-0.2, 0) is 16.1 Å². The van der Waals surface area contributed by atoms with Crippen molar-refractivity contribution >= 4 is 11.8 Å². The summed E-state index contributed by atoms with van der Waals surface area (Å²) in [4.78, 5) is 24.9. The van der Waals surface area contributed by atoms with Gasteiger partial charge in [-0.1, -0.05) is 18.2 Å². The number of hydrogen-bond acceptors (Lipinski definition) is 3. The third-order valence-corrected chi connectivity index (χ3v) is 2.98. The number of nitrogens with one attached hydrogen (secondary N) is 1. The molecule has 0 aromatic heterocycles. The van der Waals surface area contributed by atoms with E-state index in [2.05, 4.69) is 11.9 Å². The minimum Gasteiger partial charge on any atom is -0.371 e. The summed E-state index contributed by atoms with van der Waals surface area (Å²) in [6.07, 6.45) is 2.49. The Labute approximate surface area is 125 Å². The Balaban J connectivity index is 2.46. The maximum absolute atomic E-state index is 11.8. The highest BCUT2D eigenvalue weighted by Gasteiger charge is 2.10. The lowest BCUT2D eigenvalue weighted by Crippen LogP contribution is -2.30. The van der Waals surface area contributed by atoms with Crippen LogP contribution in [0.1, 0.15) is 22.3 Å². The Hall–Kier alpha value is -2.14. The summed E-state index contributed by atoms with van der Waals surface area (Å²) in [6, 6.07) is 7.17. The zero-order valence-electron chi connectivity index (χ0n) is 12.6. The molecule has 0 unspecified atom stereocenters. The van der Waals surface area contributed by atoms with E-state index in [9.17, 15) is 9.59 Å². The minimum atomic E-state index is -0.124. The Morgan fingerprint density at radius 2 is 2.00 bits per heavy atom. The van der Waals surface area contributed by atoms with E-state index in [-0.39, 0.29) is 18.4 Å². The predicted octanol–water partition coefficient (Wildman–Crippen LogP) is 1.60. The van der Waals surface area contributed by atoms with Crippen molar-refractivity contribution in [1.29, 1.82) is 0 Å². The monoisotopic (exact) mass is 290 g/mol. The van der Waals surface area contributed by atoms with Crippen molar-refractivity contribution in [3.8, 4) is 0 Å². The van der Waals surface area contributed by atoms with E-state index in [0.717, 1.165) is 12.0 Å². The number of ether oxygens (including phenoxy) is 1. The molecule has 1 aromatic rings. The maximum atomic E-state index is 11.8. The highest BCUT2D eigenvalue weighted by molar-refractivity contribution is 5.93. The van der Waals surface area contributed by atoms with Crippen LogP contribution in [0.25, 0.3) is 0 Å². The predicted molar refractivity (Wildman–Crippen MR) is 81.9 cm³/mol. The SMILES string of the molecule is C=CCCOCC(=O)N(C)Cc1ccc(C(=O)NC)cc1. The lowest BCUT2D eigenvalue weighted by atomic mass is 10.1. The number of amides is 2. The molecule has 0 saturated heterocycles. The summed E-state index contributed by atoms with van der Waals surface area (Å²) in [6.45, 7) is 4.65. The average Bonchev–Trinajstić information content (AvgIpc) is 2.51. The molecule has 0 heterocycles. The molecule has 1 rings (SSSR count). The van der Waals surface area contributed by atoms with Crippen molar-refractivity contribution in [2.24, 2.45) is 0 Å². The fourth-order valence-corrected chi connectivity index (χ4v) is 1.70. The number of benzene rings is 1. The molecular weight excluding hydrogens is 268 g/mol. The first-order valence-electron chi connectivity index (χ1n) is 6.82. The quantitative estimate of drug-likeness (QED) is 0.584. The van der Waals surface area contributed by atoms with Gasteiger partial charge in [0.05, 0.1) is 6.61 Å². The molecular formula is C16H22N2O3. The third kappa shape index (κ3) is 5.79. The fourth-order valence-electron chi connectivity index (χ4n) is 1.70. The molecule has 0 aliphatic rings. The van der Waals surface area contributed by atoms with Crippen molar-refractivity contribution in [2.75, 3.05) is 27.3 Å². The first kappa shape index (κ1) is 16.9. The average molecular weight is 290 g/mol. The van der Waals surface area contributed by atoms with Crippen molar-refractivity contribution in [1.82, 2.24) is 10.2 Å². The van der Waals surface area contributed by atoms with Crippen molar-refractivity contribution in [2.45, 2.75) is 13.0 Å². The van der Waals surface area contributed by atoms with E-state index < -0.39 is 0 Å². The van der Waals surface area contributed by atoms with Gasteiger partial charge in [0.25, 0.3) is 5.91 Å². The number of nitrogens with zero attached hydrogens (tertiary/aromatic N) is 1. The summed E-state index contributed by atoms with van der Waals surface area (Å²) >= 11 is 0. The fraction of sp³-hybridized carbons (Fsp3) is 0.375. The van der Waals surface area contributed by atoms with Gasteiger partial charge in [0, 0.05) is 26.2 Å². The Bertz CT molecular complexity index is 483. The minimum absolute atomic E-state index is 0.0701. The molecule has 0 atom stereocenters. The van der Waals surface area contributed by atoms with E-state index in [1.54, 1.807) is 37.2 Å². The standard InChI is InChI=1S/C16H22N2O3/c1-4-5-10-21-12-15(19)18(3)11-13-6-8-14(9-7-13)16(20)17-2/h4,6-9H,1,5,10-12H2,2-3H3,(H,17,20). The molecule has 5 heteroatoms. The smallest absolute Gasteiger partial charge is 0.251 e. The number of rotatable bonds is 8. The van der Waals surface area contributed by atoms with Gasteiger partial charge in [-0.3, -0.25) is 9.59 Å². The van der Waals surface area contributed by atoms with Gasteiger partial charge in [-0.2, -0.15) is 0 Å². The second-order valence-electron chi connectivity index (χ2n) is 4.66. The summed E-state index contributed by atoms with van der Waals surface area (Å²) < 4.78 is 5.24. The Kier molecular flexibility index (Phi) is 7.18. The van der Waals surface area contributed by atoms with Crippen LogP contribution in [0.4, 0.5) is 0 Å². The van der Waals surface area contributed by atoms with Gasteiger partial charge in [0.1, 0.15) is 6.61 Å². The number of likely N-dealkylation sites (N-methyl/N-ethyl adjacent to an activating group) is 1. The molecule has 0 bridgehead atoms. The molecule has 2 amide bonds. The molecule has 0 fully saturated rings. The van der Waals surface area contributed by atoms with E-state index in [1.165, 1.54) is 0 Å². The van der Waals surface area contributed by atoms with Crippen molar-refractivity contribution in [3.63, 3.8) is 0 Å². The van der Waals surface area contributed by atoms with Gasteiger partial charge in [0.15, 0.2) is 0 Å². The molecule has 0 aliphatic heterocycles. The first-order chi connectivity index (χ1) is 10.1. The lowest BCUT2D eigenvalue weighted by molar-refractivity contribution is -0.135. The van der Waals surface area contributed by atoms with Crippen molar-refractivity contribution < 1.29 is 14.3 Å². The normalized spacial score (nSPS) is 10.0. The van der Waals surface area contributed by atoms with Gasteiger partial charge in [-0.05, 0) is 24.1 Å². The Morgan fingerprint density at radius 3 is 2.57 bits per heavy atom. The van der Waals surface area contributed by atoms with Gasteiger partial charge >= 0.3 is 0 Å². The van der Waals surface area contributed by atoms with E-state index in [1.807, 2.05) is 12.1 Å². The van der Waals surface area contributed by atoms with Crippen LogP contribution in [0, 0.1) is 0 Å². The van der Waals surface area contributed by atoms with Crippen LogP contribution >= 0.6 is 0 Å². The highest BCUT2D eigenvalue weighted by atomic mass is 16.5. The number of carbonyl (C=O) groups is 2. The second-order valence-corrected chi connectivity index (χ2v) is 4.66. The third-order valence-electron chi connectivity index (χ3n) is 2.98. The summed E-state index contributed by atoms with van der Waals surface area (Å²) in [7, 11) is 3.32. The summed E-state index contributed by atoms with van der Waals surface area (Å²) in [5.74, 6) is -0.198. The first-order valence-corrected chi connectivity index (χ1v) is 6.82. The molecule has 114 valence electrons. The van der Waals surface area contributed by atoms with E-state index >= 15 is 0 Å². The number of hydrogen-bond donors (Lipinski definition) is 1. The van der Waals surface area contributed by atoms with Crippen LogP contribution < -0.4 is 5.32 Å². The highest BCUT2D eigenvalue weighted by Crippen LogP contribution is 2.07. The van der Waals surface area contributed by atoms with Crippen LogP contribution in [0.3, 0.4) is 0 Å². The largest absolute Gasteiger partial charge is 0.371 e. The lowest BCUT2D eigenvalue weighted by Gasteiger charge is -2.17. The molecule has 5 nitrogen and oxygen atoms in total. The number of carbonyl (C=O) groups excluding carboxylic acids is 2. The molecule has 0 spiro atoms. The van der Waals surface area contributed by atoms with Gasteiger partial charge in [-0.15, -0.1) is 6.58 Å². The molecule has 0 radical (unpaired) electrons. The van der Waals surface area contributed by atoms with Crippen LogP contribution in [0.5, 0.6) is 0 Å². The topological polar surface area (TPSA) is 58.6 Å².